The van der Waals surface area contributed by atoms with Crippen molar-refractivity contribution in [1.29, 1.82) is 0 Å². The van der Waals surface area contributed by atoms with E-state index < -0.39 is 0 Å². The zero-order chi connectivity index (χ0) is 15.2. The summed E-state index contributed by atoms with van der Waals surface area (Å²) in [5.41, 5.74) is 1.35. The molecule has 3 atom stereocenters. The number of benzene rings is 1. The maximum atomic E-state index is 5.98. The van der Waals surface area contributed by atoms with Crippen molar-refractivity contribution < 1.29 is 0 Å². The van der Waals surface area contributed by atoms with Crippen LogP contribution >= 0.6 is 11.6 Å². The van der Waals surface area contributed by atoms with E-state index in [1.165, 1.54) is 37.8 Å². The molecule has 2 rings (SSSR count). The molecule has 0 aliphatic heterocycles. The van der Waals surface area contributed by atoms with E-state index in [-0.39, 0.29) is 0 Å². The van der Waals surface area contributed by atoms with Crippen LogP contribution in [0.2, 0.25) is 5.02 Å². The van der Waals surface area contributed by atoms with Crippen molar-refractivity contribution in [3.05, 3.63) is 34.9 Å². The second-order valence-corrected chi connectivity index (χ2v) is 6.86. The van der Waals surface area contributed by atoms with E-state index in [0.29, 0.717) is 12.1 Å². The number of hydrogen-bond acceptors (Lipinski definition) is 2. The fourth-order valence-electron chi connectivity index (χ4n) is 3.38. The monoisotopic (exact) mass is 308 g/mol. The lowest BCUT2D eigenvalue weighted by Gasteiger charge is -2.30. The molecule has 0 saturated heterocycles. The fourth-order valence-corrected chi connectivity index (χ4v) is 3.50. The van der Waals surface area contributed by atoms with Crippen molar-refractivity contribution in [2.75, 3.05) is 20.1 Å². The Balaban J connectivity index is 1.90. The van der Waals surface area contributed by atoms with Gasteiger partial charge in [-0.2, -0.15) is 0 Å². The molecule has 1 N–H and O–H groups in total. The van der Waals surface area contributed by atoms with Gasteiger partial charge in [0.25, 0.3) is 0 Å². The highest BCUT2D eigenvalue weighted by atomic mass is 35.5. The molecule has 118 valence electrons. The summed E-state index contributed by atoms with van der Waals surface area (Å²) in [5, 5.41) is 4.54. The summed E-state index contributed by atoms with van der Waals surface area (Å²) in [5.74, 6) is 0.788. The second-order valence-electron chi connectivity index (χ2n) is 6.42. The first-order valence-corrected chi connectivity index (χ1v) is 8.68. The third-order valence-corrected chi connectivity index (χ3v) is 5.10. The van der Waals surface area contributed by atoms with E-state index in [1.54, 1.807) is 0 Å². The van der Waals surface area contributed by atoms with Crippen molar-refractivity contribution in [2.45, 2.75) is 51.6 Å². The van der Waals surface area contributed by atoms with Gasteiger partial charge in [0.05, 0.1) is 0 Å². The van der Waals surface area contributed by atoms with Gasteiger partial charge < -0.3 is 5.32 Å². The van der Waals surface area contributed by atoms with Gasteiger partial charge in [0.2, 0.25) is 0 Å². The second kappa shape index (κ2) is 8.17. The van der Waals surface area contributed by atoms with E-state index in [2.05, 4.69) is 43.2 Å². The quantitative estimate of drug-likeness (QED) is 0.798. The van der Waals surface area contributed by atoms with Crippen molar-refractivity contribution in [2.24, 2.45) is 5.92 Å². The zero-order valence-electron chi connectivity index (χ0n) is 13.6. The fraction of sp³-hybridized carbons (Fsp3) is 0.667. The van der Waals surface area contributed by atoms with Crippen molar-refractivity contribution in [3.8, 4) is 0 Å². The van der Waals surface area contributed by atoms with Gasteiger partial charge in [0.1, 0.15) is 0 Å². The third kappa shape index (κ3) is 4.70. The number of nitrogens with zero attached hydrogens (tertiary/aromatic N) is 1. The Morgan fingerprint density at radius 3 is 2.67 bits per heavy atom. The standard InChI is InChI=1S/C18H29ClN2/c1-4-12-20-18-7-5-6-16(18)13-21(3)14(2)15-8-10-17(19)11-9-15/h8-11,14,16,18,20H,4-7,12-13H2,1-3H3. The van der Waals surface area contributed by atoms with Gasteiger partial charge in [0, 0.05) is 23.7 Å². The Labute approximate surface area is 134 Å². The molecule has 0 spiro atoms. The summed E-state index contributed by atoms with van der Waals surface area (Å²) >= 11 is 5.98. The lowest BCUT2D eigenvalue weighted by molar-refractivity contribution is 0.204. The summed E-state index contributed by atoms with van der Waals surface area (Å²) < 4.78 is 0. The van der Waals surface area contributed by atoms with Gasteiger partial charge in [-0.3, -0.25) is 4.90 Å². The maximum absolute atomic E-state index is 5.98. The molecule has 0 heterocycles. The predicted octanol–water partition coefficient (Wildman–Crippen LogP) is 4.50. The minimum Gasteiger partial charge on any atom is -0.314 e. The molecule has 1 aromatic carbocycles. The van der Waals surface area contributed by atoms with Gasteiger partial charge in [0.15, 0.2) is 0 Å². The number of halogens is 1. The molecule has 1 saturated carbocycles. The molecule has 21 heavy (non-hydrogen) atoms. The molecule has 0 amide bonds. The molecule has 1 fully saturated rings. The van der Waals surface area contributed by atoms with Gasteiger partial charge in [-0.15, -0.1) is 0 Å². The van der Waals surface area contributed by atoms with Crippen molar-refractivity contribution in [3.63, 3.8) is 0 Å². The number of rotatable bonds is 7. The van der Waals surface area contributed by atoms with Crippen LogP contribution in [0.5, 0.6) is 0 Å². The van der Waals surface area contributed by atoms with Gasteiger partial charge in [-0.1, -0.05) is 37.1 Å². The summed E-state index contributed by atoms with van der Waals surface area (Å²) in [4.78, 5) is 2.49. The van der Waals surface area contributed by atoms with Crippen LogP contribution < -0.4 is 5.32 Å². The van der Waals surface area contributed by atoms with Gasteiger partial charge in [-0.25, -0.2) is 0 Å². The van der Waals surface area contributed by atoms with Gasteiger partial charge >= 0.3 is 0 Å². The minimum absolute atomic E-state index is 0.440. The number of hydrogen-bond donors (Lipinski definition) is 1. The zero-order valence-corrected chi connectivity index (χ0v) is 14.4. The molecule has 3 unspecified atom stereocenters. The van der Waals surface area contributed by atoms with Crippen LogP contribution in [0, 0.1) is 5.92 Å². The topological polar surface area (TPSA) is 15.3 Å². The highest BCUT2D eigenvalue weighted by molar-refractivity contribution is 6.30. The molecule has 1 aliphatic carbocycles. The average Bonchev–Trinajstić information content (AvgIpc) is 2.92. The van der Waals surface area contributed by atoms with Crippen molar-refractivity contribution in [1.82, 2.24) is 10.2 Å². The van der Waals surface area contributed by atoms with E-state index in [9.17, 15) is 0 Å². The molecule has 1 aliphatic rings. The normalized spacial score (nSPS) is 23.7. The van der Waals surface area contributed by atoms with Crippen LogP contribution in [0.25, 0.3) is 0 Å². The van der Waals surface area contributed by atoms with E-state index in [4.69, 9.17) is 11.6 Å². The molecule has 1 aromatic rings. The lowest BCUT2D eigenvalue weighted by atomic mass is 10.0. The molecule has 0 aromatic heterocycles. The van der Waals surface area contributed by atoms with E-state index in [0.717, 1.165) is 17.5 Å². The molecule has 2 nitrogen and oxygen atoms in total. The summed E-state index contributed by atoms with van der Waals surface area (Å²) in [7, 11) is 2.24. The smallest absolute Gasteiger partial charge is 0.0406 e. The van der Waals surface area contributed by atoms with E-state index >= 15 is 0 Å². The minimum atomic E-state index is 0.440. The molecular weight excluding hydrogens is 280 g/mol. The molecule has 0 bridgehead atoms. The van der Waals surface area contributed by atoms with Crippen LogP contribution in [0.3, 0.4) is 0 Å². The Morgan fingerprint density at radius 2 is 2.00 bits per heavy atom. The van der Waals surface area contributed by atoms with Crippen LogP contribution in [0.15, 0.2) is 24.3 Å². The SMILES string of the molecule is CCCNC1CCCC1CN(C)C(C)c1ccc(Cl)cc1. The molecule has 3 heteroatoms. The summed E-state index contributed by atoms with van der Waals surface area (Å²) in [6.07, 6.45) is 5.29. The highest BCUT2D eigenvalue weighted by Crippen LogP contribution is 2.29. The Kier molecular flexibility index (Phi) is 6.53. The van der Waals surface area contributed by atoms with Crippen LogP contribution in [-0.2, 0) is 0 Å². The highest BCUT2D eigenvalue weighted by Gasteiger charge is 2.28. The first-order chi connectivity index (χ1) is 10.1. The Morgan fingerprint density at radius 1 is 1.29 bits per heavy atom. The maximum Gasteiger partial charge on any atom is 0.0406 e. The Hall–Kier alpha value is -0.570. The lowest BCUT2D eigenvalue weighted by Crippen LogP contribution is -2.39. The number of nitrogens with one attached hydrogen (secondary N) is 1. The molecule has 0 radical (unpaired) electrons. The van der Waals surface area contributed by atoms with Crippen molar-refractivity contribution >= 4 is 11.6 Å². The Bertz CT molecular complexity index is 418. The first-order valence-electron chi connectivity index (χ1n) is 8.31. The summed E-state index contributed by atoms with van der Waals surface area (Å²) in [6.45, 7) is 6.85. The predicted molar refractivity (Wildman–Crippen MR) is 91.9 cm³/mol. The van der Waals surface area contributed by atoms with Crippen LogP contribution in [-0.4, -0.2) is 31.1 Å². The summed E-state index contributed by atoms with van der Waals surface area (Å²) in [6, 6.07) is 9.42. The van der Waals surface area contributed by atoms with E-state index in [1.807, 2.05) is 12.1 Å². The molecular formula is C18H29ClN2. The van der Waals surface area contributed by atoms with Gasteiger partial charge in [-0.05, 0) is 63.4 Å². The average molecular weight is 309 g/mol. The largest absolute Gasteiger partial charge is 0.314 e. The van der Waals surface area contributed by atoms with Crippen LogP contribution in [0.1, 0.15) is 51.1 Å². The van der Waals surface area contributed by atoms with Crippen LogP contribution in [0.4, 0.5) is 0 Å². The first kappa shape index (κ1) is 16.8. The third-order valence-electron chi connectivity index (χ3n) is 4.85.